The molecular formula is C29H31N5O4. The smallest absolute Gasteiger partial charge is 0.251 e. The molecule has 0 atom stereocenters. The molecule has 9 heteroatoms. The zero-order chi connectivity index (χ0) is 26.7. The fourth-order valence-corrected chi connectivity index (χ4v) is 4.64. The number of aromatic nitrogens is 3. The number of para-hydroxylation sites is 1. The molecule has 0 saturated heterocycles. The number of aliphatic hydroxyl groups is 1. The van der Waals surface area contributed by atoms with Crippen molar-refractivity contribution in [3.63, 3.8) is 0 Å². The highest BCUT2D eigenvalue weighted by atomic mass is 16.5. The number of hydrogen-bond donors (Lipinski definition) is 4. The summed E-state index contributed by atoms with van der Waals surface area (Å²) in [4.78, 5) is 37.4. The van der Waals surface area contributed by atoms with E-state index >= 15 is 0 Å². The summed E-state index contributed by atoms with van der Waals surface area (Å²) >= 11 is 0. The second kappa shape index (κ2) is 10.6. The minimum atomic E-state index is -1.39. The number of nitrogens with one attached hydrogen (secondary N) is 3. The molecule has 0 spiro atoms. The van der Waals surface area contributed by atoms with Crippen molar-refractivity contribution in [2.24, 2.45) is 0 Å². The van der Waals surface area contributed by atoms with E-state index in [9.17, 15) is 14.7 Å². The first-order chi connectivity index (χ1) is 18.3. The number of ether oxygens (including phenoxy) is 1. The number of anilines is 1. The quantitative estimate of drug-likeness (QED) is 0.254. The molecule has 2 heterocycles. The Morgan fingerprint density at radius 3 is 2.29 bits per heavy atom. The summed E-state index contributed by atoms with van der Waals surface area (Å²) in [6.07, 6.45) is 6.34. The average Bonchev–Trinajstić information content (AvgIpc) is 3.35. The molecule has 1 aliphatic carbocycles. The molecule has 5 rings (SSSR count). The Balaban J connectivity index is 1.28. The minimum absolute atomic E-state index is 0.0237. The topological polar surface area (TPSA) is 129 Å². The SMILES string of the molecule is CC(C)(O)C(=O)N[C@H]1CC[C@@H](Nc2ncnc3[nH]cc(C(=O)c4ccc(Oc5ccccc5)cc4)c23)CC1. The van der Waals surface area contributed by atoms with E-state index in [0.29, 0.717) is 33.7 Å². The Hall–Kier alpha value is -4.24. The molecule has 4 aromatic rings. The van der Waals surface area contributed by atoms with Gasteiger partial charge in [-0.3, -0.25) is 9.59 Å². The highest BCUT2D eigenvalue weighted by Gasteiger charge is 2.29. The van der Waals surface area contributed by atoms with Crippen molar-refractivity contribution in [2.75, 3.05) is 5.32 Å². The molecule has 9 nitrogen and oxygen atoms in total. The van der Waals surface area contributed by atoms with E-state index < -0.39 is 5.60 Å². The summed E-state index contributed by atoms with van der Waals surface area (Å²) in [6, 6.07) is 16.7. The molecule has 1 saturated carbocycles. The number of aromatic amines is 1. The molecule has 4 N–H and O–H groups in total. The fraction of sp³-hybridized carbons (Fsp3) is 0.310. The molecule has 0 unspecified atom stereocenters. The van der Waals surface area contributed by atoms with Crippen molar-refractivity contribution >= 4 is 28.5 Å². The van der Waals surface area contributed by atoms with Gasteiger partial charge in [-0.1, -0.05) is 18.2 Å². The zero-order valence-electron chi connectivity index (χ0n) is 21.4. The van der Waals surface area contributed by atoms with Gasteiger partial charge in [0.05, 0.1) is 10.9 Å². The van der Waals surface area contributed by atoms with Crippen LogP contribution in [0.15, 0.2) is 67.1 Å². The number of hydrogen-bond acceptors (Lipinski definition) is 7. The van der Waals surface area contributed by atoms with Crippen molar-refractivity contribution < 1.29 is 19.4 Å². The van der Waals surface area contributed by atoms with Gasteiger partial charge in [-0.15, -0.1) is 0 Å². The molecule has 2 aromatic heterocycles. The maximum atomic E-state index is 13.5. The Kier molecular flexibility index (Phi) is 7.11. The summed E-state index contributed by atoms with van der Waals surface area (Å²) in [5, 5.41) is 17.0. The Bertz CT molecular complexity index is 1420. The van der Waals surface area contributed by atoms with Gasteiger partial charge >= 0.3 is 0 Å². The van der Waals surface area contributed by atoms with E-state index in [-0.39, 0.29) is 23.8 Å². The standard InChI is InChI=1S/C29H31N5O4/c1-29(2,37)28(36)34-20-12-10-19(11-13-20)33-27-24-23(16-30-26(24)31-17-32-27)25(35)18-8-14-22(15-9-18)38-21-6-4-3-5-7-21/h3-9,14-17,19-20,37H,10-13H2,1-2H3,(H,34,36)(H2,30,31,32,33)/t19-,20+. The highest BCUT2D eigenvalue weighted by Crippen LogP contribution is 2.30. The van der Waals surface area contributed by atoms with Gasteiger partial charge in [0.15, 0.2) is 5.78 Å². The predicted molar refractivity (Wildman–Crippen MR) is 144 cm³/mol. The number of carbonyl (C=O) groups excluding carboxylic acids is 2. The van der Waals surface area contributed by atoms with Gasteiger partial charge in [0, 0.05) is 23.8 Å². The van der Waals surface area contributed by atoms with Crippen LogP contribution in [0.2, 0.25) is 0 Å². The van der Waals surface area contributed by atoms with E-state index in [1.54, 1.807) is 30.5 Å². The molecule has 0 bridgehead atoms. The van der Waals surface area contributed by atoms with Gasteiger partial charge in [0.25, 0.3) is 5.91 Å². The van der Waals surface area contributed by atoms with Crippen LogP contribution in [0.1, 0.15) is 55.5 Å². The molecule has 1 fully saturated rings. The lowest BCUT2D eigenvalue weighted by atomic mass is 9.90. The number of rotatable bonds is 8. The minimum Gasteiger partial charge on any atom is -0.457 e. The maximum absolute atomic E-state index is 13.5. The first-order valence-electron chi connectivity index (χ1n) is 12.8. The van der Waals surface area contributed by atoms with Gasteiger partial charge < -0.3 is 25.5 Å². The second-order valence-corrected chi connectivity index (χ2v) is 10.1. The molecule has 0 aliphatic heterocycles. The van der Waals surface area contributed by atoms with Crippen LogP contribution in [0.25, 0.3) is 11.0 Å². The van der Waals surface area contributed by atoms with Crippen LogP contribution in [-0.4, -0.2) is 49.4 Å². The van der Waals surface area contributed by atoms with Gasteiger partial charge in [-0.05, 0) is 75.9 Å². The normalized spacial score (nSPS) is 17.7. The maximum Gasteiger partial charge on any atom is 0.251 e. The van der Waals surface area contributed by atoms with Crippen LogP contribution in [0.4, 0.5) is 5.82 Å². The van der Waals surface area contributed by atoms with Crippen LogP contribution in [-0.2, 0) is 4.79 Å². The third-order valence-electron chi connectivity index (χ3n) is 6.77. The van der Waals surface area contributed by atoms with Gasteiger partial charge in [-0.25, -0.2) is 9.97 Å². The van der Waals surface area contributed by atoms with E-state index in [1.165, 1.54) is 20.2 Å². The third-order valence-corrected chi connectivity index (χ3v) is 6.77. The van der Waals surface area contributed by atoms with Crippen molar-refractivity contribution in [1.82, 2.24) is 20.3 Å². The molecule has 196 valence electrons. The molecule has 38 heavy (non-hydrogen) atoms. The summed E-state index contributed by atoms with van der Waals surface area (Å²) in [5.41, 5.74) is 0.213. The lowest BCUT2D eigenvalue weighted by Crippen LogP contribution is -2.48. The largest absolute Gasteiger partial charge is 0.457 e. The monoisotopic (exact) mass is 513 g/mol. The summed E-state index contributed by atoms with van der Waals surface area (Å²) in [5.74, 6) is 1.48. The van der Waals surface area contributed by atoms with Gasteiger partial charge in [-0.2, -0.15) is 0 Å². The number of carbonyl (C=O) groups is 2. The number of ketones is 1. The molecule has 2 aromatic carbocycles. The van der Waals surface area contributed by atoms with Crippen LogP contribution in [0.3, 0.4) is 0 Å². The van der Waals surface area contributed by atoms with Crippen LogP contribution in [0.5, 0.6) is 11.5 Å². The highest BCUT2D eigenvalue weighted by molar-refractivity contribution is 6.18. The van der Waals surface area contributed by atoms with Gasteiger partial charge in [0.1, 0.15) is 34.9 Å². The molecule has 1 amide bonds. The van der Waals surface area contributed by atoms with E-state index in [4.69, 9.17) is 4.74 Å². The zero-order valence-corrected chi connectivity index (χ0v) is 21.4. The Morgan fingerprint density at radius 2 is 1.61 bits per heavy atom. The number of nitrogens with zero attached hydrogens (tertiary/aromatic N) is 2. The van der Waals surface area contributed by atoms with Crippen molar-refractivity contribution in [3.8, 4) is 11.5 Å². The van der Waals surface area contributed by atoms with Crippen LogP contribution in [0, 0.1) is 0 Å². The van der Waals surface area contributed by atoms with Crippen LogP contribution >= 0.6 is 0 Å². The molecular weight excluding hydrogens is 482 g/mol. The summed E-state index contributed by atoms with van der Waals surface area (Å²) in [6.45, 7) is 2.97. The molecule has 1 aliphatic rings. The lowest BCUT2D eigenvalue weighted by Gasteiger charge is -2.31. The number of H-pyrrole nitrogens is 1. The fourth-order valence-electron chi connectivity index (χ4n) is 4.64. The van der Waals surface area contributed by atoms with Gasteiger partial charge in [0.2, 0.25) is 0 Å². The Labute approximate surface area is 220 Å². The van der Waals surface area contributed by atoms with Crippen molar-refractivity contribution in [1.29, 1.82) is 0 Å². The summed E-state index contributed by atoms with van der Waals surface area (Å²) in [7, 11) is 0. The average molecular weight is 514 g/mol. The molecule has 0 radical (unpaired) electrons. The van der Waals surface area contributed by atoms with Crippen molar-refractivity contribution in [3.05, 3.63) is 78.2 Å². The lowest BCUT2D eigenvalue weighted by molar-refractivity contribution is -0.137. The second-order valence-electron chi connectivity index (χ2n) is 10.1. The van der Waals surface area contributed by atoms with Crippen LogP contribution < -0.4 is 15.4 Å². The predicted octanol–water partition coefficient (Wildman–Crippen LogP) is 4.59. The number of fused-ring (bicyclic) bond motifs is 1. The summed E-state index contributed by atoms with van der Waals surface area (Å²) < 4.78 is 5.84. The first-order valence-corrected chi connectivity index (χ1v) is 12.8. The van der Waals surface area contributed by atoms with E-state index in [1.807, 2.05) is 30.3 Å². The Morgan fingerprint density at radius 1 is 0.947 bits per heavy atom. The van der Waals surface area contributed by atoms with Crippen molar-refractivity contribution in [2.45, 2.75) is 57.2 Å². The number of benzene rings is 2. The first kappa shape index (κ1) is 25.4. The van der Waals surface area contributed by atoms with E-state index in [2.05, 4.69) is 25.6 Å². The third kappa shape index (κ3) is 5.68. The van der Waals surface area contributed by atoms with E-state index in [0.717, 1.165) is 31.4 Å². The number of amides is 1.